The summed E-state index contributed by atoms with van der Waals surface area (Å²) in [5, 5.41) is 0. The van der Waals surface area contributed by atoms with Crippen molar-refractivity contribution in [2.24, 2.45) is 0 Å². The lowest BCUT2D eigenvalue weighted by atomic mass is 10.1. The van der Waals surface area contributed by atoms with Crippen LogP contribution in [0.15, 0.2) is 18.2 Å². The van der Waals surface area contributed by atoms with Crippen LogP contribution < -0.4 is 0 Å². The molecule has 0 N–H and O–H groups in total. The van der Waals surface area contributed by atoms with Crippen molar-refractivity contribution in [1.82, 2.24) is 0 Å². The lowest BCUT2D eigenvalue weighted by Gasteiger charge is -2.17. The molecule has 1 radical (unpaired) electrons. The third-order valence-corrected chi connectivity index (χ3v) is 1.87. The molecule has 14 heavy (non-hydrogen) atoms. The molecule has 0 amide bonds. The molecule has 0 aliphatic carbocycles. The van der Waals surface area contributed by atoms with Crippen LogP contribution in [0.4, 0.5) is 0 Å². The van der Waals surface area contributed by atoms with Crippen molar-refractivity contribution in [1.29, 1.82) is 0 Å². The highest BCUT2D eigenvalue weighted by Crippen LogP contribution is 2.19. The molecule has 0 atom stereocenters. The summed E-state index contributed by atoms with van der Waals surface area (Å²) in [6.07, 6.45) is -0.273. The van der Waals surface area contributed by atoms with Crippen LogP contribution in [0, 0.1) is 13.0 Å². The van der Waals surface area contributed by atoms with Gasteiger partial charge in [-0.15, -0.1) is 0 Å². The molecule has 2 heteroatoms. The molecule has 0 unspecified atom stereocenters. The maximum absolute atomic E-state index is 5.47. The predicted molar refractivity (Wildman–Crippen MR) is 56.0 cm³/mol. The van der Waals surface area contributed by atoms with E-state index in [4.69, 9.17) is 9.47 Å². The summed E-state index contributed by atoms with van der Waals surface area (Å²) >= 11 is 0. The first kappa shape index (κ1) is 11.2. The lowest BCUT2D eigenvalue weighted by molar-refractivity contribution is -0.140. The van der Waals surface area contributed by atoms with Gasteiger partial charge in [-0.1, -0.05) is 23.8 Å². The molecule has 2 nitrogen and oxygen atoms in total. The van der Waals surface area contributed by atoms with E-state index in [0.29, 0.717) is 13.2 Å². The van der Waals surface area contributed by atoms with Crippen molar-refractivity contribution in [3.8, 4) is 0 Å². The predicted octanol–water partition coefficient (Wildman–Crippen LogP) is 2.87. The van der Waals surface area contributed by atoms with Gasteiger partial charge in [0.15, 0.2) is 6.29 Å². The van der Waals surface area contributed by atoms with Gasteiger partial charge in [0.1, 0.15) is 0 Å². The standard InChI is InChI=1S/C12H17O2/c1-4-13-12(14-5-2)11-8-6-7-10(3)9-11/h6-7,9,12H,4-5H2,1-3H3. The van der Waals surface area contributed by atoms with Crippen LogP contribution in [-0.2, 0) is 9.47 Å². The molecule has 1 aromatic rings. The largest absolute Gasteiger partial charge is 0.349 e. The van der Waals surface area contributed by atoms with E-state index in [1.165, 1.54) is 5.56 Å². The summed E-state index contributed by atoms with van der Waals surface area (Å²) in [5.41, 5.74) is 2.16. The normalized spacial score (nSPS) is 10.9. The van der Waals surface area contributed by atoms with E-state index < -0.39 is 0 Å². The van der Waals surface area contributed by atoms with Crippen LogP contribution in [0.3, 0.4) is 0 Å². The van der Waals surface area contributed by atoms with Gasteiger partial charge in [0.25, 0.3) is 0 Å². The Hall–Kier alpha value is -0.860. The molecule has 0 heterocycles. The number of rotatable bonds is 5. The Morgan fingerprint density at radius 2 is 1.93 bits per heavy atom. The number of hydrogen-bond acceptors (Lipinski definition) is 2. The Labute approximate surface area is 85.8 Å². The molecule has 0 saturated heterocycles. The molecule has 0 spiro atoms. The Bertz CT molecular complexity index is 265. The topological polar surface area (TPSA) is 18.5 Å². The zero-order chi connectivity index (χ0) is 10.4. The molecule has 0 saturated carbocycles. The highest BCUT2D eigenvalue weighted by atomic mass is 16.7. The molecule has 0 aromatic heterocycles. The van der Waals surface area contributed by atoms with E-state index in [1.54, 1.807) is 0 Å². The first-order chi connectivity index (χ1) is 6.77. The van der Waals surface area contributed by atoms with Gasteiger partial charge in [-0.25, -0.2) is 0 Å². The molecular weight excluding hydrogens is 176 g/mol. The van der Waals surface area contributed by atoms with Crippen molar-refractivity contribution in [3.63, 3.8) is 0 Å². The molecule has 0 bridgehead atoms. The molecule has 1 rings (SSSR count). The maximum Gasteiger partial charge on any atom is 0.184 e. The monoisotopic (exact) mass is 193 g/mol. The van der Waals surface area contributed by atoms with Crippen molar-refractivity contribution in [2.75, 3.05) is 13.2 Å². The van der Waals surface area contributed by atoms with Gasteiger partial charge in [0, 0.05) is 18.8 Å². The van der Waals surface area contributed by atoms with E-state index in [-0.39, 0.29) is 6.29 Å². The summed E-state index contributed by atoms with van der Waals surface area (Å²) in [5.74, 6) is 0. The van der Waals surface area contributed by atoms with E-state index in [1.807, 2.05) is 39.0 Å². The van der Waals surface area contributed by atoms with Crippen LogP contribution in [0.1, 0.15) is 31.3 Å². The van der Waals surface area contributed by atoms with Gasteiger partial charge in [-0.2, -0.15) is 0 Å². The quantitative estimate of drug-likeness (QED) is 0.669. The Balaban J connectivity index is 2.75. The fraction of sp³-hybridized carbons (Fsp3) is 0.500. The summed E-state index contributed by atoms with van der Waals surface area (Å²) in [6, 6.07) is 9.08. The Kier molecular flexibility index (Phi) is 4.63. The summed E-state index contributed by atoms with van der Waals surface area (Å²) < 4.78 is 10.9. The highest BCUT2D eigenvalue weighted by molar-refractivity contribution is 5.21. The van der Waals surface area contributed by atoms with Crippen LogP contribution in [0.5, 0.6) is 0 Å². The summed E-state index contributed by atoms with van der Waals surface area (Å²) in [7, 11) is 0. The van der Waals surface area contributed by atoms with Crippen molar-refractivity contribution >= 4 is 0 Å². The Morgan fingerprint density at radius 3 is 2.43 bits per heavy atom. The van der Waals surface area contributed by atoms with Crippen molar-refractivity contribution in [3.05, 3.63) is 35.4 Å². The third-order valence-electron chi connectivity index (χ3n) is 1.87. The number of benzene rings is 1. The summed E-state index contributed by atoms with van der Waals surface area (Å²) in [4.78, 5) is 0. The second-order valence-corrected chi connectivity index (χ2v) is 3.06. The number of ether oxygens (including phenoxy) is 2. The fourth-order valence-corrected chi connectivity index (χ4v) is 1.27. The van der Waals surface area contributed by atoms with E-state index >= 15 is 0 Å². The smallest absolute Gasteiger partial charge is 0.184 e. The van der Waals surface area contributed by atoms with Gasteiger partial charge in [0.2, 0.25) is 0 Å². The second kappa shape index (κ2) is 5.78. The zero-order valence-electron chi connectivity index (χ0n) is 9.04. The second-order valence-electron chi connectivity index (χ2n) is 3.06. The number of hydrogen-bond donors (Lipinski definition) is 0. The van der Waals surface area contributed by atoms with Crippen molar-refractivity contribution in [2.45, 2.75) is 27.1 Å². The van der Waals surface area contributed by atoms with E-state index in [2.05, 4.69) is 6.07 Å². The molecule has 1 aromatic carbocycles. The van der Waals surface area contributed by atoms with Gasteiger partial charge in [-0.05, 0) is 26.8 Å². The average Bonchev–Trinajstić information content (AvgIpc) is 2.17. The highest BCUT2D eigenvalue weighted by Gasteiger charge is 2.10. The molecule has 0 aliphatic heterocycles. The first-order valence-corrected chi connectivity index (χ1v) is 4.99. The van der Waals surface area contributed by atoms with Crippen LogP contribution in [0.2, 0.25) is 0 Å². The molecule has 0 aliphatic rings. The number of aryl methyl sites for hydroxylation is 1. The molecular formula is C12H17O2. The van der Waals surface area contributed by atoms with Crippen LogP contribution >= 0.6 is 0 Å². The minimum Gasteiger partial charge on any atom is -0.349 e. The average molecular weight is 193 g/mol. The van der Waals surface area contributed by atoms with Gasteiger partial charge in [0.05, 0.1) is 0 Å². The van der Waals surface area contributed by atoms with E-state index in [9.17, 15) is 0 Å². The van der Waals surface area contributed by atoms with Gasteiger partial charge < -0.3 is 9.47 Å². The van der Waals surface area contributed by atoms with Gasteiger partial charge >= 0.3 is 0 Å². The van der Waals surface area contributed by atoms with Crippen LogP contribution in [0.25, 0.3) is 0 Å². The SMILES string of the molecule is CCOC(OCC)c1[c]ccc(C)c1. The maximum atomic E-state index is 5.47. The zero-order valence-corrected chi connectivity index (χ0v) is 9.04. The lowest BCUT2D eigenvalue weighted by Crippen LogP contribution is -2.08. The van der Waals surface area contributed by atoms with Crippen LogP contribution in [-0.4, -0.2) is 13.2 Å². The minimum atomic E-state index is -0.273. The fourth-order valence-electron chi connectivity index (χ4n) is 1.27. The first-order valence-electron chi connectivity index (χ1n) is 4.99. The van der Waals surface area contributed by atoms with E-state index in [0.717, 1.165) is 5.56 Å². The van der Waals surface area contributed by atoms with Gasteiger partial charge in [-0.3, -0.25) is 0 Å². The van der Waals surface area contributed by atoms with Crippen molar-refractivity contribution < 1.29 is 9.47 Å². The minimum absolute atomic E-state index is 0.273. The molecule has 77 valence electrons. The molecule has 0 fully saturated rings. The Morgan fingerprint density at radius 1 is 1.29 bits per heavy atom. The third kappa shape index (κ3) is 3.13. The summed E-state index contributed by atoms with van der Waals surface area (Å²) in [6.45, 7) is 7.26.